The Morgan fingerprint density at radius 3 is 2.83 bits per heavy atom. The Labute approximate surface area is 134 Å². The standard InChI is InChI=1S/C20H15N2O/c1-14-10-17(18-4-2-3-5-19(18)21-14)12-22-9-8-16-11-15(13-23)6-7-20(16)22/h2-11H,12H2,1H3. The summed E-state index contributed by atoms with van der Waals surface area (Å²) in [6.45, 7) is 2.80. The van der Waals surface area contributed by atoms with Gasteiger partial charge in [0.25, 0.3) is 0 Å². The van der Waals surface area contributed by atoms with Gasteiger partial charge in [-0.15, -0.1) is 0 Å². The minimum atomic E-state index is 0.584. The lowest BCUT2D eigenvalue weighted by Gasteiger charge is -2.10. The van der Waals surface area contributed by atoms with Crippen LogP contribution in [-0.2, 0) is 11.3 Å². The largest absolute Gasteiger partial charge is 0.343 e. The van der Waals surface area contributed by atoms with Crippen LogP contribution in [0.3, 0.4) is 0 Å². The molecule has 0 aliphatic heterocycles. The Hall–Kier alpha value is -2.94. The van der Waals surface area contributed by atoms with Crippen molar-refractivity contribution < 1.29 is 4.79 Å². The molecule has 4 aromatic rings. The number of fused-ring (bicyclic) bond motifs is 2. The molecule has 0 amide bonds. The van der Waals surface area contributed by atoms with Crippen LogP contribution >= 0.6 is 0 Å². The van der Waals surface area contributed by atoms with Crippen molar-refractivity contribution in [2.45, 2.75) is 13.5 Å². The van der Waals surface area contributed by atoms with Crippen LogP contribution in [0.4, 0.5) is 0 Å². The van der Waals surface area contributed by atoms with Gasteiger partial charge in [0, 0.05) is 40.3 Å². The van der Waals surface area contributed by atoms with Crippen molar-refractivity contribution in [1.29, 1.82) is 0 Å². The highest BCUT2D eigenvalue weighted by Crippen LogP contribution is 2.23. The molecule has 0 aliphatic rings. The molecule has 2 aromatic carbocycles. The van der Waals surface area contributed by atoms with Crippen LogP contribution in [0.15, 0.2) is 60.8 Å². The molecule has 23 heavy (non-hydrogen) atoms. The quantitative estimate of drug-likeness (QED) is 0.573. The van der Waals surface area contributed by atoms with E-state index in [9.17, 15) is 4.79 Å². The third kappa shape index (κ3) is 2.40. The molecule has 0 atom stereocenters. The summed E-state index contributed by atoms with van der Waals surface area (Å²) in [4.78, 5) is 15.4. The monoisotopic (exact) mass is 299 g/mol. The second kappa shape index (κ2) is 5.36. The average Bonchev–Trinajstić information content (AvgIpc) is 2.97. The number of aryl methyl sites for hydroxylation is 1. The van der Waals surface area contributed by atoms with Gasteiger partial charge < -0.3 is 4.57 Å². The number of rotatable bonds is 3. The van der Waals surface area contributed by atoms with Crippen LogP contribution < -0.4 is 0 Å². The predicted octanol–water partition coefficient (Wildman–Crippen LogP) is 4.00. The Kier molecular flexibility index (Phi) is 3.19. The highest BCUT2D eigenvalue weighted by atomic mass is 16.1. The third-order valence-electron chi connectivity index (χ3n) is 4.16. The van der Waals surface area contributed by atoms with Gasteiger partial charge in [-0.05, 0) is 48.9 Å². The lowest BCUT2D eigenvalue weighted by atomic mass is 10.1. The zero-order chi connectivity index (χ0) is 15.8. The van der Waals surface area contributed by atoms with Crippen LogP contribution in [0, 0.1) is 6.92 Å². The first kappa shape index (κ1) is 13.7. The summed E-state index contributed by atoms with van der Waals surface area (Å²) < 4.78 is 2.20. The summed E-state index contributed by atoms with van der Waals surface area (Å²) in [6, 6.07) is 18.0. The second-order valence-electron chi connectivity index (χ2n) is 5.76. The number of para-hydroxylation sites is 1. The number of hydrogen-bond donors (Lipinski definition) is 0. The van der Waals surface area contributed by atoms with Gasteiger partial charge in [0.15, 0.2) is 0 Å². The Morgan fingerprint density at radius 2 is 1.96 bits per heavy atom. The smallest absolute Gasteiger partial charge is 0.233 e. The summed E-state index contributed by atoms with van der Waals surface area (Å²) in [6.07, 6.45) is 4.00. The van der Waals surface area contributed by atoms with Crippen LogP contribution in [0.25, 0.3) is 21.8 Å². The lowest BCUT2D eigenvalue weighted by molar-refractivity contribution is 0.563. The molecule has 2 heterocycles. The summed E-state index contributed by atoms with van der Waals surface area (Å²) in [5.41, 5.74) is 4.99. The van der Waals surface area contributed by atoms with E-state index in [0.717, 1.165) is 28.7 Å². The molecule has 0 saturated heterocycles. The summed E-state index contributed by atoms with van der Waals surface area (Å²) in [7, 11) is 0. The van der Waals surface area contributed by atoms with E-state index in [1.807, 2.05) is 55.7 Å². The average molecular weight is 299 g/mol. The van der Waals surface area contributed by atoms with Crippen molar-refractivity contribution in [2.75, 3.05) is 0 Å². The molecule has 0 saturated carbocycles. The van der Waals surface area contributed by atoms with Gasteiger partial charge in [0.05, 0.1) is 5.52 Å². The van der Waals surface area contributed by atoms with Crippen molar-refractivity contribution in [3.63, 3.8) is 0 Å². The molecular formula is C20H15N2O. The van der Waals surface area contributed by atoms with Crippen LogP contribution in [0.1, 0.15) is 16.8 Å². The van der Waals surface area contributed by atoms with E-state index >= 15 is 0 Å². The highest BCUT2D eigenvalue weighted by Gasteiger charge is 2.07. The minimum Gasteiger partial charge on any atom is -0.343 e. The number of nitrogens with zero attached hydrogens (tertiary/aromatic N) is 2. The first-order valence-corrected chi connectivity index (χ1v) is 7.57. The maximum Gasteiger partial charge on any atom is 0.233 e. The zero-order valence-electron chi connectivity index (χ0n) is 12.8. The molecule has 3 nitrogen and oxygen atoms in total. The van der Waals surface area contributed by atoms with Gasteiger partial charge in [-0.2, -0.15) is 0 Å². The van der Waals surface area contributed by atoms with E-state index < -0.39 is 0 Å². The molecule has 1 radical (unpaired) electrons. The Bertz CT molecular complexity index is 1030. The molecule has 0 N–H and O–H groups in total. The second-order valence-corrected chi connectivity index (χ2v) is 5.76. The van der Waals surface area contributed by atoms with Gasteiger partial charge >= 0.3 is 0 Å². The first-order chi connectivity index (χ1) is 11.2. The number of hydrogen-bond acceptors (Lipinski definition) is 2. The number of pyridine rings is 1. The number of carbonyl (C=O) groups excluding carboxylic acids is 1. The topological polar surface area (TPSA) is 34.9 Å². The summed E-state index contributed by atoms with van der Waals surface area (Å²) >= 11 is 0. The molecule has 0 bridgehead atoms. The third-order valence-corrected chi connectivity index (χ3v) is 4.16. The Balaban J connectivity index is 1.83. The number of benzene rings is 2. The molecule has 2 aromatic heterocycles. The fourth-order valence-electron chi connectivity index (χ4n) is 3.11. The summed E-state index contributed by atoms with van der Waals surface area (Å²) in [5.74, 6) is 0. The summed E-state index contributed by atoms with van der Waals surface area (Å²) in [5, 5.41) is 2.23. The molecule has 0 spiro atoms. The van der Waals surface area contributed by atoms with E-state index in [-0.39, 0.29) is 0 Å². The van der Waals surface area contributed by atoms with Crippen molar-refractivity contribution >= 4 is 28.1 Å². The van der Waals surface area contributed by atoms with E-state index in [1.165, 1.54) is 10.9 Å². The fraction of sp³-hybridized carbons (Fsp3) is 0.100. The molecule has 111 valence electrons. The van der Waals surface area contributed by atoms with Crippen molar-refractivity contribution in [2.24, 2.45) is 0 Å². The molecule has 0 unspecified atom stereocenters. The van der Waals surface area contributed by atoms with Crippen molar-refractivity contribution in [3.8, 4) is 0 Å². The van der Waals surface area contributed by atoms with E-state index in [2.05, 4.69) is 27.9 Å². The molecule has 3 heteroatoms. The van der Waals surface area contributed by atoms with Gasteiger partial charge in [-0.25, -0.2) is 0 Å². The minimum absolute atomic E-state index is 0.584. The van der Waals surface area contributed by atoms with Gasteiger partial charge in [-0.3, -0.25) is 9.78 Å². The van der Waals surface area contributed by atoms with Gasteiger partial charge in [0.2, 0.25) is 6.29 Å². The van der Waals surface area contributed by atoms with Crippen LogP contribution in [-0.4, -0.2) is 15.8 Å². The number of aromatic nitrogens is 2. The van der Waals surface area contributed by atoms with Crippen molar-refractivity contribution in [1.82, 2.24) is 9.55 Å². The highest BCUT2D eigenvalue weighted by molar-refractivity contribution is 5.88. The van der Waals surface area contributed by atoms with E-state index in [4.69, 9.17) is 0 Å². The van der Waals surface area contributed by atoms with Crippen molar-refractivity contribution in [3.05, 3.63) is 77.6 Å². The normalized spacial score (nSPS) is 11.2. The van der Waals surface area contributed by atoms with Crippen LogP contribution in [0.5, 0.6) is 0 Å². The maximum atomic E-state index is 10.8. The molecule has 0 aliphatic carbocycles. The van der Waals surface area contributed by atoms with Crippen LogP contribution in [0.2, 0.25) is 0 Å². The van der Waals surface area contributed by atoms with E-state index in [0.29, 0.717) is 5.56 Å². The fourth-order valence-corrected chi connectivity index (χ4v) is 3.11. The molecular weight excluding hydrogens is 284 g/mol. The predicted molar refractivity (Wildman–Crippen MR) is 92.3 cm³/mol. The van der Waals surface area contributed by atoms with E-state index in [1.54, 1.807) is 0 Å². The lowest BCUT2D eigenvalue weighted by Crippen LogP contribution is -2.00. The zero-order valence-corrected chi connectivity index (χ0v) is 12.8. The first-order valence-electron chi connectivity index (χ1n) is 7.57. The Morgan fingerprint density at radius 1 is 1.09 bits per heavy atom. The SMILES string of the molecule is Cc1cc(Cn2ccc3cc([C]=O)ccc32)c2ccccc2n1. The van der Waals surface area contributed by atoms with Gasteiger partial charge in [0.1, 0.15) is 0 Å². The molecule has 0 fully saturated rings. The maximum absolute atomic E-state index is 10.8. The van der Waals surface area contributed by atoms with Gasteiger partial charge in [-0.1, -0.05) is 18.2 Å². The molecule has 4 rings (SSSR count).